The molecule has 1 fully saturated rings. The number of aryl methyl sites for hydroxylation is 1. The number of pyridine rings is 1. The van der Waals surface area contributed by atoms with E-state index in [0.29, 0.717) is 30.3 Å². The normalized spacial score (nSPS) is 15.4. The second-order valence-electron chi connectivity index (χ2n) is 8.76. The molecular weight excluding hydrogens is 418 g/mol. The number of carbonyl (C=O) groups is 1. The first-order valence-electron chi connectivity index (χ1n) is 11.8. The average Bonchev–Trinajstić information content (AvgIpc) is 3.27. The molecule has 1 aliphatic carbocycles. The van der Waals surface area contributed by atoms with Crippen LogP contribution in [0.5, 0.6) is 11.5 Å². The zero-order valence-electron chi connectivity index (χ0n) is 19.6. The molecule has 1 atom stereocenters. The Hall–Kier alpha value is -3.29. The van der Waals surface area contributed by atoms with Gasteiger partial charge in [0.05, 0.1) is 29.9 Å². The number of fused-ring (bicyclic) bond motifs is 1. The minimum atomic E-state index is -0.209. The summed E-state index contributed by atoms with van der Waals surface area (Å²) in [4.78, 5) is 17.8. The van der Waals surface area contributed by atoms with Crippen molar-refractivity contribution in [3.63, 3.8) is 0 Å². The highest BCUT2D eigenvalue weighted by molar-refractivity contribution is 6.06. The number of phenolic OH excluding ortho intramolecular Hbond substituents is 1. The molecule has 1 aromatic carbocycles. The van der Waals surface area contributed by atoms with Crippen molar-refractivity contribution in [3.05, 3.63) is 41.7 Å². The molecule has 33 heavy (non-hydrogen) atoms. The molecule has 2 heterocycles. The molecule has 8 heteroatoms. The van der Waals surface area contributed by atoms with Crippen LogP contribution < -0.4 is 15.4 Å². The van der Waals surface area contributed by atoms with Gasteiger partial charge in [0.1, 0.15) is 0 Å². The summed E-state index contributed by atoms with van der Waals surface area (Å²) in [5, 5.41) is 21.8. The van der Waals surface area contributed by atoms with Crippen LogP contribution in [0, 0.1) is 5.92 Å². The Bertz CT molecular complexity index is 1120. The maximum atomic E-state index is 13.2. The molecular formula is C25H33N5O3. The van der Waals surface area contributed by atoms with Gasteiger partial charge in [0.25, 0.3) is 5.91 Å². The van der Waals surface area contributed by atoms with Crippen LogP contribution in [0.1, 0.15) is 61.9 Å². The third kappa shape index (κ3) is 4.89. The van der Waals surface area contributed by atoms with Gasteiger partial charge in [-0.15, -0.1) is 0 Å². The Balaban J connectivity index is 1.60. The minimum absolute atomic E-state index is 0.0679. The summed E-state index contributed by atoms with van der Waals surface area (Å²) in [6.45, 7) is 5.25. The molecule has 0 unspecified atom stereocenters. The van der Waals surface area contributed by atoms with Crippen LogP contribution in [-0.2, 0) is 13.1 Å². The maximum absolute atomic E-state index is 13.2. The maximum Gasteiger partial charge on any atom is 0.255 e. The fourth-order valence-corrected chi connectivity index (χ4v) is 4.68. The SMILES string of the molecule is CCn1ncc2c(N[C@@H](C)C3CCCCC3)c(C(=O)NCc3ccc(O)c(OC)c3)cnc21. The monoisotopic (exact) mass is 451 g/mol. The number of aromatic nitrogens is 3. The van der Waals surface area contributed by atoms with Gasteiger partial charge >= 0.3 is 0 Å². The van der Waals surface area contributed by atoms with Crippen molar-refractivity contribution >= 4 is 22.6 Å². The smallest absolute Gasteiger partial charge is 0.255 e. The first kappa shape index (κ1) is 22.9. The molecule has 1 amide bonds. The number of rotatable bonds is 8. The van der Waals surface area contributed by atoms with E-state index < -0.39 is 0 Å². The lowest BCUT2D eigenvalue weighted by Crippen LogP contribution is -2.30. The van der Waals surface area contributed by atoms with Crippen molar-refractivity contribution in [1.82, 2.24) is 20.1 Å². The van der Waals surface area contributed by atoms with Gasteiger partial charge < -0.3 is 20.5 Å². The predicted octanol–water partition coefficient (Wildman–Crippen LogP) is 4.48. The van der Waals surface area contributed by atoms with Gasteiger partial charge in [0, 0.05) is 25.3 Å². The molecule has 8 nitrogen and oxygen atoms in total. The van der Waals surface area contributed by atoms with Gasteiger partial charge in [-0.2, -0.15) is 5.10 Å². The van der Waals surface area contributed by atoms with Crippen molar-refractivity contribution in [1.29, 1.82) is 0 Å². The molecule has 0 spiro atoms. The molecule has 2 aromatic heterocycles. The number of hydrogen-bond donors (Lipinski definition) is 3. The third-order valence-electron chi connectivity index (χ3n) is 6.64. The number of phenols is 1. The van der Waals surface area contributed by atoms with Crippen LogP contribution in [0.25, 0.3) is 11.0 Å². The Kier molecular flexibility index (Phi) is 7.01. The Morgan fingerprint density at radius 1 is 1.27 bits per heavy atom. The van der Waals surface area contributed by atoms with Crippen LogP contribution in [-0.4, -0.2) is 38.9 Å². The molecule has 1 aliphatic rings. The Morgan fingerprint density at radius 3 is 2.79 bits per heavy atom. The number of carbonyl (C=O) groups excluding carboxylic acids is 1. The highest BCUT2D eigenvalue weighted by Gasteiger charge is 2.24. The van der Waals surface area contributed by atoms with E-state index in [1.165, 1.54) is 39.2 Å². The summed E-state index contributed by atoms with van der Waals surface area (Å²) in [5.41, 5.74) is 2.90. The lowest BCUT2D eigenvalue weighted by molar-refractivity contribution is 0.0951. The summed E-state index contributed by atoms with van der Waals surface area (Å²) in [6, 6.07) is 5.28. The van der Waals surface area contributed by atoms with Gasteiger partial charge in [-0.1, -0.05) is 25.3 Å². The third-order valence-corrected chi connectivity index (χ3v) is 6.64. The van der Waals surface area contributed by atoms with Crippen LogP contribution >= 0.6 is 0 Å². The van der Waals surface area contributed by atoms with E-state index in [-0.39, 0.29) is 17.7 Å². The van der Waals surface area contributed by atoms with Crippen LogP contribution in [0.4, 0.5) is 5.69 Å². The number of aromatic hydroxyl groups is 1. The van der Waals surface area contributed by atoms with Gasteiger partial charge in [0.2, 0.25) is 0 Å². The molecule has 1 saturated carbocycles. The lowest BCUT2D eigenvalue weighted by Gasteiger charge is -2.29. The summed E-state index contributed by atoms with van der Waals surface area (Å²) in [7, 11) is 1.50. The average molecular weight is 452 g/mol. The van der Waals surface area contributed by atoms with E-state index in [1.54, 1.807) is 30.6 Å². The number of hydrogen-bond acceptors (Lipinski definition) is 6. The standard InChI is InChI=1S/C25H33N5O3/c1-4-30-24-19(15-28-30)23(29-16(2)18-8-6-5-7-9-18)20(14-26-24)25(32)27-13-17-10-11-21(31)22(12-17)33-3/h10-12,14-16,18,31H,4-9,13H2,1-3H3,(H,26,29)(H,27,32)/t16-/m0/s1. The van der Waals surface area contributed by atoms with Gasteiger partial charge in [0.15, 0.2) is 17.1 Å². The van der Waals surface area contributed by atoms with E-state index in [2.05, 4.69) is 27.6 Å². The van der Waals surface area contributed by atoms with E-state index in [1.807, 2.05) is 11.6 Å². The summed E-state index contributed by atoms with van der Waals surface area (Å²) < 4.78 is 7.01. The zero-order valence-corrected chi connectivity index (χ0v) is 19.6. The molecule has 0 bridgehead atoms. The van der Waals surface area contributed by atoms with Gasteiger partial charge in [-0.05, 0) is 50.3 Å². The van der Waals surface area contributed by atoms with E-state index >= 15 is 0 Å². The minimum Gasteiger partial charge on any atom is -0.504 e. The summed E-state index contributed by atoms with van der Waals surface area (Å²) >= 11 is 0. The van der Waals surface area contributed by atoms with E-state index in [4.69, 9.17) is 4.74 Å². The van der Waals surface area contributed by atoms with Gasteiger partial charge in [-0.3, -0.25) is 4.79 Å². The van der Waals surface area contributed by atoms with E-state index in [9.17, 15) is 9.90 Å². The first-order chi connectivity index (χ1) is 16.0. The second-order valence-corrected chi connectivity index (χ2v) is 8.76. The number of nitrogens with zero attached hydrogens (tertiary/aromatic N) is 3. The fourth-order valence-electron chi connectivity index (χ4n) is 4.68. The summed E-state index contributed by atoms with van der Waals surface area (Å²) in [6.07, 6.45) is 9.69. The van der Waals surface area contributed by atoms with Crippen molar-refractivity contribution in [2.45, 2.75) is 65.1 Å². The number of methoxy groups -OCH3 is 1. The van der Waals surface area contributed by atoms with Gasteiger partial charge in [-0.25, -0.2) is 9.67 Å². The molecule has 0 aliphatic heterocycles. The summed E-state index contributed by atoms with van der Waals surface area (Å²) in [5.74, 6) is 0.821. The number of ether oxygens (including phenoxy) is 1. The first-order valence-corrected chi connectivity index (χ1v) is 11.8. The Labute approximate surface area is 194 Å². The number of amides is 1. The zero-order chi connectivity index (χ0) is 23.4. The number of benzene rings is 1. The predicted molar refractivity (Wildman–Crippen MR) is 129 cm³/mol. The highest BCUT2D eigenvalue weighted by atomic mass is 16.5. The quantitative estimate of drug-likeness (QED) is 0.467. The lowest BCUT2D eigenvalue weighted by atomic mass is 9.84. The number of anilines is 1. The molecule has 3 N–H and O–H groups in total. The fraction of sp³-hybridized carbons (Fsp3) is 0.480. The molecule has 3 aromatic rings. The molecule has 0 saturated heterocycles. The van der Waals surface area contributed by atoms with E-state index in [0.717, 1.165) is 22.3 Å². The van der Waals surface area contributed by atoms with Crippen LogP contribution in [0.2, 0.25) is 0 Å². The Morgan fingerprint density at radius 2 is 2.06 bits per heavy atom. The van der Waals surface area contributed by atoms with Crippen LogP contribution in [0.15, 0.2) is 30.6 Å². The van der Waals surface area contributed by atoms with Crippen LogP contribution in [0.3, 0.4) is 0 Å². The number of nitrogens with one attached hydrogen (secondary N) is 2. The van der Waals surface area contributed by atoms with Crippen molar-refractivity contribution < 1.29 is 14.6 Å². The largest absolute Gasteiger partial charge is 0.504 e. The highest BCUT2D eigenvalue weighted by Crippen LogP contribution is 2.32. The molecule has 176 valence electrons. The molecule has 0 radical (unpaired) electrons. The topological polar surface area (TPSA) is 101 Å². The van der Waals surface area contributed by atoms with Crippen molar-refractivity contribution in [2.75, 3.05) is 12.4 Å². The van der Waals surface area contributed by atoms with Crippen molar-refractivity contribution in [2.24, 2.45) is 5.92 Å². The molecule has 4 rings (SSSR count). The van der Waals surface area contributed by atoms with Crippen molar-refractivity contribution in [3.8, 4) is 11.5 Å². The second kappa shape index (κ2) is 10.1.